The summed E-state index contributed by atoms with van der Waals surface area (Å²) < 4.78 is 2.05. The summed E-state index contributed by atoms with van der Waals surface area (Å²) >= 11 is 1.23. The molecule has 0 fully saturated rings. The van der Waals surface area contributed by atoms with Gasteiger partial charge in [-0.1, -0.05) is 18.7 Å². The fourth-order valence-corrected chi connectivity index (χ4v) is 2.32. The summed E-state index contributed by atoms with van der Waals surface area (Å²) in [5.41, 5.74) is -0.0522. The van der Waals surface area contributed by atoms with Gasteiger partial charge in [-0.2, -0.15) is 0 Å². The minimum atomic E-state index is -0.839. The molecule has 0 unspecified atom stereocenters. The highest BCUT2D eigenvalue weighted by molar-refractivity contribution is 7.99. The number of aromatic nitrogens is 3. The van der Waals surface area contributed by atoms with Crippen LogP contribution in [0, 0.1) is 0 Å². The zero-order valence-electron chi connectivity index (χ0n) is 12.9. The number of thioether (sulfide) groups is 1. The van der Waals surface area contributed by atoms with Crippen LogP contribution in [0.2, 0.25) is 0 Å². The maximum absolute atomic E-state index is 10.7. The van der Waals surface area contributed by atoms with Gasteiger partial charge in [-0.3, -0.25) is 4.79 Å². The molecule has 1 rings (SSSR count). The van der Waals surface area contributed by atoms with E-state index in [-0.39, 0.29) is 11.3 Å². The van der Waals surface area contributed by atoms with Crippen LogP contribution in [0.1, 0.15) is 33.0 Å². The van der Waals surface area contributed by atoms with Gasteiger partial charge in [0.25, 0.3) is 0 Å². The molecule has 0 saturated heterocycles. The minimum Gasteiger partial charge on any atom is -0.481 e. The van der Waals surface area contributed by atoms with Gasteiger partial charge in [0.1, 0.15) is 5.82 Å². The van der Waals surface area contributed by atoms with Gasteiger partial charge >= 0.3 is 5.97 Å². The predicted octanol–water partition coefficient (Wildman–Crippen LogP) is 1.75. The topological polar surface area (TPSA) is 71.2 Å². The van der Waals surface area contributed by atoms with Gasteiger partial charge in [-0.15, -0.1) is 10.2 Å². The summed E-state index contributed by atoms with van der Waals surface area (Å²) in [4.78, 5) is 12.9. The predicted molar refractivity (Wildman–Crippen MR) is 80.1 cm³/mol. The SMILES string of the molecule is CCCc1nnc(SCC(=O)O)n1CC(C)(C)N(C)C. The summed E-state index contributed by atoms with van der Waals surface area (Å²) in [5, 5.41) is 17.8. The third-order valence-corrected chi connectivity index (χ3v) is 4.30. The van der Waals surface area contributed by atoms with Gasteiger partial charge in [-0.25, -0.2) is 0 Å². The second kappa shape index (κ2) is 7.08. The van der Waals surface area contributed by atoms with Crippen molar-refractivity contribution in [2.45, 2.75) is 50.9 Å². The summed E-state index contributed by atoms with van der Waals surface area (Å²) in [6, 6.07) is 0. The summed E-state index contributed by atoms with van der Waals surface area (Å²) in [6.07, 6.45) is 1.84. The average Bonchev–Trinajstić information content (AvgIpc) is 2.69. The second-order valence-corrected chi connectivity index (χ2v) is 6.57. The maximum atomic E-state index is 10.7. The second-order valence-electron chi connectivity index (χ2n) is 5.62. The smallest absolute Gasteiger partial charge is 0.313 e. The molecule has 1 aromatic rings. The van der Waals surface area contributed by atoms with Crippen molar-refractivity contribution in [3.8, 4) is 0 Å². The van der Waals surface area contributed by atoms with E-state index in [0.717, 1.165) is 25.2 Å². The summed E-state index contributed by atoms with van der Waals surface area (Å²) in [5.74, 6) is 0.0934. The molecule has 1 heterocycles. The van der Waals surface area contributed by atoms with Gasteiger partial charge in [0.15, 0.2) is 5.16 Å². The Morgan fingerprint density at radius 1 is 1.40 bits per heavy atom. The zero-order chi connectivity index (χ0) is 15.3. The third kappa shape index (κ3) is 4.49. The van der Waals surface area contributed by atoms with Crippen molar-refractivity contribution >= 4 is 17.7 Å². The van der Waals surface area contributed by atoms with Crippen LogP contribution < -0.4 is 0 Å². The van der Waals surface area contributed by atoms with Crippen LogP contribution >= 0.6 is 11.8 Å². The number of nitrogens with zero attached hydrogens (tertiary/aromatic N) is 4. The van der Waals surface area contributed by atoms with Crippen LogP contribution in [0.3, 0.4) is 0 Å². The van der Waals surface area contributed by atoms with Crippen molar-refractivity contribution in [3.63, 3.8) is 0 Å². The van der Waals surface area contributed by atoms with Crippen LogP contribution in [0.5, 0.6) is 0 Å². The van der Waals surface area contributed by atoms with Crippen molar-refractivity contribution in [1.82, 2.24) is 19.7 Å². The van der Waals surface area contributed by atoms with Crippen LogP contribution in [-0.4, -0.2) is 56.1 Å². The van der Waals surface area contributed by atoms with Gasteiger partial charge in [-0.05, 0) is 34.4 Å². The average molecular weight is 300 g/mol. The number of carbonyl (C=O) groups is 1. The van der Waals surface area contributed by atoms with E-state index in [2.05, 4.69) is 40.4 Å². The van der Waals surface area contributed by atoms with E-state index in [0.29, 0.717) is 5.16 Å². The molecule has 1 N–H and O–H groups in total. The zero-order valence-corrected chi connectivity index (χ0v) is 13.7. The fourth-order valence-electron chi connectivity index (χ4n) is 1.65. The lowest BCUT2D eigenvalue weighted by Crippen LogP contribution is -2.42. The number of carboxylic acid groups (broad SMARTS) is 1. The first-order valence-electron chi connectivity index (χ1n) is 6.72. The Bertz CT molecular complexity index is 457. The van der Waals surface area contributed by atoms with Crippen molar-refractivity contribution in [2.24, 2.45) is 0 Å². The number of likely N-dealkylation sites (N-methyl/N-ethyl adjacent to an activating group) is 1. The van der Waals surface area contributed by atoms with E-state index in [9.17, 15) is 4.79 Å². The molecule has 0 aliphatic carbocycles. The van der Waals surface area contributed by atoms with Gasteiger partial charge in [0, 0.05) is 18.5 Å². The number of carboxylic acids is 1. The molecule has 0 radical (unpaired) electrons. The third-order valence-electron chi connectivity index (χ3n) is 3.35. The Morgan fingerprint density at radius 3 is 2.55 bits per heavy atom. The molecular formula is C13H24N4O2S. The van der Waals surface area contributed by atoms with E-state index in [1.54, 1.807) is 0 Å². The number of rotatable bonds is 8. The van der Waals surface area contributed by atoms with Crippen LogP contribution in [0.15, 0.2) is 5.16 Å². The first-order valence-corrected chi connectivity index (χ1v) is 7.70. The molecule has 0 saturated carbocycles. The monoisotopic (exact) mass is 300 g/mol. The lowest BCUT2D eigenvalue weighted by atomic mass is 10.0. The fraction of sp³-hybridized carbons (Fsp3) is 0.769. The van der Waals surface area contributed by atoms with E-state index < -0.39 is 5.97 Å². The summed E-state index contributed by atoms with van der Waals surface area (Å²) in [7, 11) is 4.07. The molecule has 0 aromatic carbocycles. The van der Waals surface area contributed by atoms with Crippen molar-refractivity contribution in [2.75, 3.05) is 19.8 Å². The van der Waals surface area contributed by atoms with Gasteiger partial charge in [0.05, 0.1) is 5.75 Å². The largest absolute Gasteiger partial charge is 0.481 e. The number of aryl methyl sites for hydroxylation is 1. The lowest BCUT2D eigenvalue weighted by Gasteiger charge is -2.33. The van der Waals surface area contributed by atoms with Gasteiger partial charge in [0.2, 0.25) is 0 Å². The highest BCUT2D eigenvalue weighted by Gasteiger charge is 2.25. The van der Waals surface area contributed by atoms with E-state index in [1.807, 2.05) is 14.1 Å². The first kappa shape index (κ1) is 17.0. The number of hydrogen-bond acceptors (Lipinski definition) is 5. The molecule has 0 amide bonds. The highest BCUT2D eigenvalue weighted by atomic mass is 32.2. The van der Waals surface area contributed by atoms with Crippen LogP contribution in [-0.2, 0) is 17.8 Å². The number of hydrogen-bond donors (Lipinski definition) is 1. The molecule has 0 bridgehead atoms. The standard InChI is InChI=1S/C13H24N4O2S/c1-6-7-10-14-15-12(20-8-11(18)19)17(10)9-13(2,3)16(4)5/h6-9H2,1-5H3,(H,18,19). The molecule has 0 atom stereocenters. The Morgan fingerprint density at radius 2 is 2.05 bits per heavy atom. The van der Waals surface area contributed by atoms with Gasteiger partial charge < -0.3 is 14.6 Å². The van der Waals surface area contributed by atoms with Crippen LogP contribution in [0.25, 0.3) is 0 Å². The molecule has 0 spiro atoms. The highest BCUT2D eigenvalue weighted by Crippen LogP contribution is 2.22. The molecule has 20 heavy (non-hydrogen) atoms. The molecule has 0 aliphatic heterocycles. The Labute approximate surface area is 124 Å². The molecule has 0 aliphatic rings. The van der Waals surface area contributed by atoms with Crippen LogP contribution in [0.4, 0.5) is 0 Å². The Hall–Kier alpha value is -1.08. The van der Waals surface area contributed by atoms with Crippen molar-refractivity contribution in [3.05, 3.63) is 5.82 Å². The maximum Gasteiger partial charge on any atom is 0.313 e. The van der Waals surface area contributed by atoms with E-state index in [4.69, 9.17) is 5.11 Å². The van der Waals surface area contributed by atoms with Crippen molar-refractivity contribution in [1.29, 1.82) is 0 Å². The molecular weight excluding hydrogens is 276 g/mol. The molecule has 7 heteroatoms. The van der Waals surface area contributed by atoms with E-state index >= 15 is 0 Å². The molecule has 6 nitrogen and oxygen atoms in total. The Balaban J connectivity index is 2.99. The number of aliphatic carboxylic acids is 1. The summed E-state index contributed by atoms with van der Waals surface area (Å²) in [6.45, 7) is 7.13. The lowest BCUT2D eigenvalue weighted by molar-refractivity contribution is -0.133. The normalized spacial score (nSPS) is 12.1. The minimum absolute atomic E-state index is 0.00660. The first-order chi connectivity index (χ1) is 9.27. The van der Waals surface area contributed by atoms with E-state index in [1.165, 1.54) is 11.8 Å². The van der Waals surface area contributed by atoms with Crippen molar-refractivity contribution < 1.29 is 9.90 Å². The molecule has 114 valence electrons. The molecule has 1 aromatic heterocycles. The Kier molecular flexibility index (Phi) is 6.01. The quantitative estimate of drug-likeness (QED) is 0.738.